The van der Waals surface area contributed by atoms with Crippen molar-refractivity contribution in [2.24, 2.45) is 0 Å². The van der Waals surface area contributed by atoms with E-state index in [-0.39, 0.29) is 43.4 Å². The van der Waals surface area contributed by atoms with E-state index in [9.17, 15) is 18.0 Å². The van der Waals surface area contributed by atoms with Gasteiger partial charge in [0.25, 0.3) is 5.91 Å². The lowest BCUT2D eigenvalue weighted by atomic mass is 9.89. The number of carbonyl (C=O) groups is 2. The van der Waals surface area contributed by atoms with Crippen LogP contribution in [-0.4, -0.2) is 68.4 Å². The maximum absolute atomic E-state index is 13.2. The molecule has 0 saturated carbocycles. The molecule has 2 aromatic carbocycles. The molecule has 0 bridgehead atoms. The van der Waals surface area contributed by atoms with Crippen LogP contribution in [-0.2, 0) is 26.0 Å². The third kappa shape index (κ3) is 3.90. The largest absolute Gasteiger partial charge is 0.497 e. The lowest BCUT2D eigenvalue weighted by Crippen LogP contribution is -2.58. The van der Waals surface area contributed by atoms with E-state index in [1.165, 1.54) is 23.5 Å². The molecule has 164 valence electrons. The standard InChI is InChI=1S/C22H24N2O6S/c1-22(15-16-5-3-4-6-19(16)20(25)30-22)21(26)23-11-13-24(14-12-23)31(27,28)18-9-7-17(29-2)8-10-18/h3-10H,11-15H2,1-2H3/t22-/m0/s1. The summed E-state index contributed by atoms with van der Waals surface area (Å²) in [6, 6.07) is 13.3. The highest BCUT2D eigenvalue weighted by Gasteiger charge is 2.45. The molecule has 2 aromatic rings. The smallest absolute Gasteiger partial charge is 0.339 e. The quantitative estimate of drug-likeness (QED) is 0.667. The fraction of sp³-hybridized carbons (Fsp3) is 0.364. The molecule has 4 rings (SSSR count). The van der Waals surface area contributed by atoms with Crippen molar-refractivity contribution in [3.05, 3.63) is 59.7 Å². The number of hydrogen-bond donors (Lipinski definition) is 0. The Hall–Kier alpha value is -2.91. The number of carbonyl (C=O) groups excluding carboxylic acids is 2. The summed E-state index contributed by atoms with van der Waals surface area (Å²) in [7, 11) is -2.15. The molecule has 31 heavy (non-hydrogen) atoms. The van der Waals surface area contributed by atoms with Gasteiger partial charge in [0, 0.05) is 32.6 Å². The number of fused-ring (bicyclic) bond motifs is 1. The second-order valence-corrected chi connectivity index (χ2v) is 9.76. The van der Waals surface area contributed by atoms with Crippen molar-refractivity contribution < 1.29 is 27.5 Å². The third-order valence-electron chi connectivity index (χ3n) is 5.76. The SMILES string of the molecule is COc1ccc(S(=O)(=O)N2CCN(C(=O)[C@]3(C)Cc4ccccc4C(=O)O3)CC2)cc1. The zero-order chi connectivity index (χ0) is 22.2. The van der Waals surface area contributed by atoms with E-state index in [2.05, 4.69) is 0 Å². The number of amides is 1. The van der Waals surface area contributed by atoms with Crippen molar-refractivity contribution in [1.82, 2.24) is 9.21 Å². The molecule has 2 heterocycles. The Morgan fingerprint density at radius 1 is 1.03 bits per heavy atom. The predicted octanol–water partition coefficient (Wildman–Crippen LogP) is 1.70. The third-order valence-corrected chi connectivity index (χ3v) is 7.67. The van der Waals surface area contributed by atoms with Crippen LogP contribution in [0.25, 0.3) is 0 Å². The van der Waals surface area contributed by atoms with E-state index in [0.29, 0.717) is 11.3 Å². The first-order valence-electron chi connectivity index (χ1n) is 9.99. The Labute approximate surface area is 181 Å². The summed E-state index contributed by atoms with van der Waals surface area (Å²) in [6.07, 6.45) is 0.290. The molecule has 8 nitrogen and oxygen atoms in total. The van der Waals surface area contributed by atoms with Crippen molar-refractivity contribution in [3.8, 4) is 5.75 Å². The summed E-state index contributed by atoms with van der Waals surface area (Å²) >= 11 is 0. The van der Waals surface area contributed by atoms with Gasteiger partial charge in [-0.15, -0.1) is 0 Å². The monoisotopic (exact) mass is 444 g/mol. The lowest BCUT2D eigenvalue weighted by molar-refractivity contribution is -0.152. The van der Waals surface area contributed by atoms with Crippen LogP contribution in [0.5, 0.6) is 5.75 Å². The van der Waals surface area contributed by atoms with Crippen LogP contribution in [0, 0.1) is 0 Å². The Kier molecular flexibility index (Phi) is 5.49. The summed E-state index contributed by atoms with van der Waals surface area (Å²) in [5, 5.41) is 0. The van der Waals surface area contributed by atoms with Gasteiger partial charge in [-0.05, 0) is 42.8 Å². The number of hydrogen-bond acceptors (Lipinski definition) is 6. The number of methoxy groups -OCH3 is 1. The average molecular weight is 445 g/mol. The second kappa shape index (κ2) is 7.97. The minimum Gasteiger partial charge on any atom is -0.497 e. The lowest BCUT2D eigenvalue weighted by Gasteiger charge is -2.40. The van der Waals surface area contributed by atoms with Gasteiger partial charge in [0.15, 0.2) is 5.60 Å². The van der Waals surface area contributed by atoms with Gasteiger partial charge in [0.2, 0.25) is 10.0 Å². The summed E-state index contributed by atoms with van der Waals surface area (Å²) in [5.41, 5.74) is -0.0545. The fourth-order valence-corrected chi connectivity index (χ4v) is 5.44. The highest BCUT2D eigenvalue weighted by molar-refractivity contribution is 7.89. The minimum atomic E-state index is -3.67. The second-order valence-electron chi connectivity index (χ2n) is 7.83. The normalized spacial score (nSPS) is 21.9. The average Bonchev–Trinajstić information content (AvgIpc) is 2.78. The zero-order valence-corrected chi connectivity index (χ0v) is 18.2. The molecule has 2 aliphatic rings. The molecule has 1 saturated heterocycles. The summed E-state index contributed by atoms with van der Waals surface area (Å²) in [5.74, 6) is -0.249. The Morgan fingerprint density at radius 3 is 2.32 bits per heavy atom. The van der Waals surface area contributed by atoms with Gasteiger partial charge in [0.1, 0.15) is 5.75 Å². The molecule has 0 unspecified atom stereocenters. The van der Waals surface area contributed by atoms with Crippen LogP contribution in [0.1, 0.15) is 22.8 Å². The van der Waals surface area contributed by atoms with E-state index in [0.717, 1.165) is 5.56 Å². The highest BCUT2D eigenvalue weighted by Crippen LogP contribution is 2.30. The van der Waals surface area contributed by atoms with E-state index in [4.69, 9.17) is 9.47 Å². The fourth-order valence-electron chi connectivity index (χ4n) is 4.01. The van der Waals surface area contributed by atoms with E-state index < -0.39 is 21.6 Å². The maximum atomic E-state index is 13.2. The maximum Gasteiger partial charge on any atom is 0.339 e. The first-order valence-corrected chi connectivity index (χ1v) is 11.4. The van der Waals surface area contributed by atoms with Crippen LogP contribution < -0.4 is 4.74 Å². The zero-order valence-electron chi connectivity index (χ0n) is 17.4. The van der Waals surface area contributed by atoms with Crippen molar-refractivity contribution in [2.75, 3.05) is 33.3 Å². The van der Waals surface area contributed by atoms with Crippen molar-refractivity contribution >= 4 is 21.9 Å². The number of rotatable bonds is 4. The molecule has 1 fully saturated rings. The van der Waals surface area contributed by atoms with E-state index >= 15 is 0 Å². The molecule has 0 aliphatic carbocycles. The highest BCUT2D eigenvalue weighted by atomic mass is 32.2. The molecular formula is C22H24N2O6S. The Bertz CT molecular complexity index is 1110. The van der Waals surface area contributed by atoms with Crippen molar-refractivity contribution in [3.63, 3.8) is 0 Å². The first kappa shape index (κ1) is 21.3. The number of ether oxygens (including phenoxy) is 2. The van der Waals surface area contributed by atoms with Crippen LogP contribution in [0.2, 0.25) is 0 Å². The van der Waals surface area contributed by atoms with Gasteiger partial charge in [0.05, 0.1) is 17.6 Å². The molecule has 0 spiro atoms. The Morgan fingerprint density at radius 2 is 1.68 bits per heavy atom. The van der Waals surface area contributed by atoms with E-state index in [1.807, 2.05) is 12.1 Å². The molecule has 1 amide bonds. The first-order chi connectivity index (χ1) is 14.7. The molecule has 0 aromatic heterocycles. The van der Waals surface area contributed by atoms with Crippen molar-refractivity contribution in [1.29, 1.82) is 0 Å². The van der Waals surface area contributed by atoms with Crippen LogP contribution in [0.3, 0.4) is 0 Å². The van der Waals surface area contributed by atoms with Gasteiger partial charge in [-0.2, -0.15) is 4.31 Å². The molecular weight excluding hydrogens is 420 g/mol. The number of nitrogens with zero attached hydrogens (tertiary/aromatic N) is 2. The number of cyclic esters (lactones) is 1. The Balaban J connectivity index is 1.45. The van der Waals surface area contributed by atoms with E-state index in [1.54, 1.807) is 36.1 Å². The molecule has 0 radical (unpaired) electrons. The number of sulfonamides is 1. The summed E-state index contributed by atoms with van der Waals surface area (Å²) < 4.78 is 37.8. The van der Waals surface area contributed by atoms with Gasteiger partial charge < -0.3 is 14.4 Å². The molecule has 2 aliphatic heterocycles. The van der Waals surface area contributed by atoms with Gasteiger partial charge in [-0.3, -0.25) is 4.79 Å². The molecule has 9 heteroatoms. The van der Waals surface area contributed by atoms with Crippen LogP contribution in [0.15, 0.2) is 53.4 Å². The van der Waals surface area contributed by atoms with Crippen LogP contribution >= 0.6 is 0 Å². The van der Waals surface area contributed by atoms with Crippen molar-refractivity contribution in [2.45, 2.75) is 23.8 Å². The molecule has 1 atom stereocenters. The summed E-state index contributed by atoms with van der Waals surface area (Å²) in [4.78, 5) is 27.3. The molecule has 0 N–H and O–H groups in total. The number of piperazine rings is 1. The van der Waals surface area contributed by atoms with Gasteiger partial charge in [-0.1, -0.05) is 18.2 Å². The van der Waals surface area contributed by atoms with Gasteiger partial charge in [-0.25, -0.2) is 13.2 Å². The van der Waals surface area contributed by atoms with Gasteiger partial charge >= 0.3 is 5.97 Å². The number of esters is 1. The summed E-state index contributed by atoms with van der Waals surface area (Å²) in [6.45, 7) is 2.40. The predicted molar refractivity (Wildman–Crippen MR) is 112 cm³/mol. The topological polar surface area (TPSA) is 93.2 Å². The number of benzene rings is 2. The van der Waals surface area contributed by atoms with Crippen LogP contribution in [0.4, 0.5) is 0 Å². The minimum absolute atomic E-state index is 0.167.